The molecule has 2 aromatic rings. The maximum absolute atomic E-state index is 13.1. The van der Waals surface area contributed by atoms with E-state index in [-0.39, 0.29) is 36.9 Å². The number of hydrogen-bond acceptors (Lipinski definition) is 8. The zero-order chi connectivity index (χ0) is 36.9. The van der Waals surface area contributed by atoms with Crippen LogP contribution in [0.15, 0.2) is 45.8 Å². The minimum atomic E-state index is -3.53. The minimum absolute atomic E-state index is 0.0270. The van der Waals surface area contributed by atoms with Crippen molar-refractivity contribution >= 4 is 56.0 Å². The topological polar surface area (TPSA) is 167 Å². The fourth-order valence-electron chi connectivity index (χ4n) is 5.45. The van der Waals surface area contributed by atoms with Crippen LogP contribution >= 0.6 is 15.9 Å². The first-order valence-corrected chi connectivity index (χ1v) is 19.2. The molecule has 3 amide bonds. The number of aryl methyl sites for hydroxylation is 2. The second kappa shape index (κ2) is 16.3. The van der Waals surface area contributed by atoms with Gasteiger partial charge >= 0.3 is 22.5 Å². The first kappa shape index (κ1) is 39.4. The second-order valence-electron chi connectivity index (χ2n) is 14.6. The van der Waals surface area contributed by atoms with Gasteiger partial charge in [-0.3, -0.25) is 14.5 Å². The Kier molecular flexibility index (Phi) is 12.8. The number of benzene rings is 1. The Bertz CT molecular complexity index is 1620. The Balaban J connectivity index is 1.26. The minimum Gasteiger partial charge on any atom is -0.458 e. The van der Waals surface area contributed by atoms with Crippen molar-refractivity contribution in [2.24, 2.45) is 5.92 Å². The largest absolute Gasteiger partial charge is 0.458 e. The Hall–Kier alpha value is -3.40. The monoisotopic (exact) mass is 778 g/mol. The molecule has 1 aromatic heterocycles. The van der Waals surface area contributed by atoms with E-state index in [0.29, 0.717) is 36.1 Å². The second-order valence-corrected chi connectivity index (χ2v) is 17.5. The molecule has 0 saturated carbocycles. The summed E-state index contributed by atoms with van der Waals surface area (Å²) in [5.74, 6) is -1.45. The lowest BCUT2D eigenvalue weighted by molar-refractivity contribution is -0.159. The highest BCUT2D eigenvalue weighted by atomic mass is 79.9. The van der Waals surface area contributed by atoms with Crippen LogP contribution in [0.5, 0.6) is 0 Å². The van der Waals surface area contributed by atoms with Crippen molar-refractivity contribution in [3.8, 4) is 0 Å². The Morgan fingerprint density at radius 3 is 2.40 bits per heavy atom. The van der Waals surface area contributed by atoms with Gasteiger partial charge in [-0.05, 0) is 102 Å². The lowest BCUT2D eigenvalue weighted by Gasteiger charge is -2.35. The van der Waals surface area contributed by atoms with Gasteiger partial charge in [0.1, 0.15) is 23.1 Å². The summed E-state index contributed by atoms with van der Waals surface area (Å²) >= 11 is 3.31. The third-order valence-corrected chi connectivity index (χ3v) is 10.3. The van der Waals surface area contributed by atoms with Gasteiger partial charge in [0, 0.05) is 35.7 Å². The van der Waals surface area contributed by atoms with Gasteiger partial charge in [-0.2, -0.15) is 4.55 Å². The van der Waals surface area contributed by atoms with Gasteiger partial charge in [0.2, 0.25) is 16.7 Å². The summed E-state index contributed by atoms with van der Waals surface area (Å²) in [6.45, 7) is 11.0. The van der Waals surface area contributed by atoms with Crippen LogP contribution < -0.4 is 15.5 Å². The smallest absolute Gasteiger partial charge is 0.416 e. The number of rotatable bonds is 12. The maximum Gasteiger partial charge on any atom is 0.416 e. The third-order valence-electron chi connectivity index (χ3n) is 7.98. The van der Waals surface area contributed by atoms with Crippen molar-refractivity contribution in [3.63, 3.8) is 0 Å². The van der Waals surface area contributed by atoms with Crippen LogP contribution in [0.3, 0.4) is 0 Å². The zero-order valence-corrected chi connectivity index (χ0v) is 32.0. The average molecular weight is 780 g/mol. The van der Waals surface area contributed by atoms with E-state index in [9.17, 15) is 27.9 Å². The van der Waals surface area contributed by atoms with Gasteiger partial charge in [0.15, 0.2) is 0 Å². The molecule has 3 heterocycles. The van der Waals surface area contributed by atoms with E-state index in [0.717, 1.165) is 24.1 Å². The highest BCUT2D eigenvalue weighted by Crippen LogP contribution is 2.31. The SMILES string of the molecule is CC(C)(C)OC(=O)[C@H](CNC(=O)CCCCc1ccc2c(n1)N(C(=O)OC(C)(C)C)CCC2)NC(=O)C1CN([S+](=O)(O)c2cccc(Br)c2)C1. The number of carbonyl (C=O) groups is 4. The predicted molar refractivity (Wildman–Crippen MR) is 193 cm³/mol. The quantitative estimate of drug-likeness (QED) is 0.152. The van der Waals surface area contributed by atoms with Gasteiger partial charge in [-0.25, -0.2) is 14.6 Å². The molecule has 15 heteroatoms. The van der Waals surface area contributed by atoms with Gasteiger partial charge in [0.25, 0.3) is 0 Å². The first-order chi connectivity index (χ1) is 23.3. The molecule has 0 bridgehead atoms. The Labute approximate surface area is 303 Å². The molecule has 0 radical (unpaired) electrons. The molecule has 3 N–H and O–H groups in total. The molecular weight excluding hydrogens is 730 g/mol. The van der Waals surface area contributed by atoms with E-state index in [4.69, 9.17) is 14.5 Å². The van der Waals surface area contributed by atoms with Gasteiger partial charge in [-0.1, -0.05) is 32.4 Å². The molecule has 1 fully saturated rings. The van der Waals surface area contributed by atoms with Crippen LogP contribution in [0, 0.1) is 5.92 Å². The number of nitrogens with zero attached hydrogens (tertiary/aromatic N) is 3. The van der Waals surface area contributed by atoms with E-state index in [1.807, 2.05) is 32.9 Å². The number of fused-ring (bicyclic) bond motifs is 1. The first-order valence-electron chi connectivity index (χ1n) is 16.9. The molecule has 2 atom stereocenters. The van der Waals surface area contributed by atoms with E-state index >= 15 is 0 Å². The summed E-state index contributed by atoms with van der Waals surface area (Å²) < 4.78 is 36.8. The number of ether oxygens (including phenoxy) is 2. The predicted octanol–water partition coefficient (Wildman–Crippen LogP) is 5.07. The van der Waals surface area contributed by atoms with E-state index < -0.39 is 51.5 Å². The van der Waals surface area contributed by atoms with E-state index in [1.165, 1.54) is 4.31 Å². The van der Waals surface area contributed by atoms with Crippen LogP contribution in [-0.4, -0.2) is 81.1 Å². The number of halogens is 1. The molecule has 1 unspecified atom stereocenters. The zero-order valence-electron chi connectivity index (χ0n) is 29.6. The van der Waals surface area contributed by atoms with Crippen molar-refractivity contribution < 1.29 is 37.4 Å². The molecule has 1 aromatic carbocycles. The van der Waals surface area contributed by atoms with Crippen LogP contribution in [-0.2, 0) is 51.3 Å². The fraction of sp³-hybridized carbons (Fsp3) is 0.571. The lowest BCUT2D eigenvalue weighted by atomic mass is 10.0. The number of pyridine rings is 1. The van der Waals surface area contributed by atoms with E-state index in [2.05, 4.69) is 26.6 Å². The van der Waals surface area contributed by atoms with Gasteiger partial charge < -0.3 is 20.1 Å². The molecule has 274 valence electrons. The highest BCUT2D eigenvalue weighted by molar-refractivity contribution is 9.10. The Morgan fingerprint density at radius 2 is 1.74 bits per heavy atom. The Morgan fingerprint density at radius 1 is 1.04 bits per heavy atom. The standard InChI is InChI=1S/C35H48BrN5O8S/c1-34(2,3)48-32(44)28(39-31(43)24-21-40(22-24)50(46,47)27-14-9-12-25(36)19-27)20-37-29(42)15-8-7-13-26-17-16-23-11-10-18-41(30(23)38-26)33(45)49-35(4,5)6/h9,12,14,16-17,19,24,28H,7-8,10-11,13,15,18,20-22H2,1-6H3,(H2-,37,39,42,43,46,47)/p+1/t28-/m0/s1. The normalized spacial score (nSPS) is 17.1. The lowest BCUT2D eigenvalue weighted by Crippen LogP contribution is -2.60. The van der Waals surface area contributed by atoms with Crippen molar-refractivity contribution in [2.45, 2.75) is 102 Å². The summed E-state index contributed by atoms with van der Waals surface area (Å²) in [6, 6.07) is 9.32. The number of nitrogens with one attached hydrogen (secondary N) is 2. The fourth-order valence-corrected chi connectivity index (χ4v) is 7.60. The average Bonchev–Trinajstić information content (AvgIpc) is 2.98. The number of anilines is 1. The summed E-state index contributed by atoms with van der Waals surface area (Å²) in [7, 11) is -3.53. The molecule has 1 saturated heterocycles. The van der Waals surface area contributed by atoms with Gasteiger partial charge in [0.05, 0.1) is 19.0 Å². The summed E-state index contributed by atoms with van der Waals surface area (Å²) in [5.41, 5.74) is 0.381. The number of unbranched alkanes of at least 4 members (excludes halogenated alkanes) is 1. The van der Waals surface area contributed by atoms with Crippen LogP contribution in [0.2, 0.25) is 0 Å². The maximum atomic E-state index is 13.1. The van der Waals surface area contributed by atoms with E-state index in [1.54, 1.807) is 49.9 Å². The number of esters is 1. The summed E-state index contributed by atoms with van der Waals surface area (Å²) in [6.07, 6.45) is 3.29. The highest BCUT2D eigenvalue weighted by Gasteiger charge is 2.50. The number of amides is 3. The van der Waals surface area contributed by atoms with Crippen LogP contribution in [0.1, 0.15) is 78.5 Å². The van der Waals surface area contributed by atoms with Crippen LogP contribution in [0.25, 0.3) is 0 Å². The molecule has 2 aliphatic heterocycles. The van der Waals surface area contributed by atoms with Crippen molar-refractivity contribution in [1.29, 1.82) is 0 Å². The molecule has 0 spiro atoms. The number of hydrogen-bond donors (Lipinski definition) is 3. The number of aromatic nitrogens is 1. The molecular formula is C35H49BrN5O8S+. The molecule has 0 aliphatic carbocycles. The molecule has 4 rings (SSSR count). The summed E-state index contributed by atoms with van der Waals surface area (Å²) in [5, 5.41) is 5.41. The van der Waals surface area contributed by atoms with Crippen molar-refractivity contribution in [2.75, 3.05) is 31.1 Å². The third kappa shape index (κ3) is 11.0. The molecule has 13 nitrogen and oxygen atoms in total. The van der Waals surface area contributed by atoms with Crippen LogP contribution in [0.4, 0.5) is 10.6 Å². The van der Waals surface area contributed by atoms with Crippen molar-refractivity contribution in [1.82, 2.24) is 19.9 Å². The molecule has 2 aliphatic rings. The van der Waals surface area contributed by atoms with Crippen molar-refractivity contribution in [3.05, 3.63) is 52.1 Å². The van der Waals surface area contributed by atoms with Gasteiger partial charge in [-0.15, -0.1) is 0 Å². The number of carbonyl (C=O) groups excluding carboxylic acids is 4. The summed E-state index contributed by atoms with van der Waals surface area (Å²) in [4.78, 5) is 58.2. The molecule has 50 heavy (non-hydrogen) atoms.